The summed E-state index contributed by atoms with van der Waals surface area (Å²) in [5.41, 5.74) is 5.50. The summed E-state index contributed by atoms with van der Waals surface area (Å²) in [5.74, 6) is -0.763. The van der Waals surface area contributed by atoms with Crippen molar-refractivity contribution in [3.63, 3.8) is 0 Å². The molecule has 0 spiro atoms. The van der Waals surface area contributed by atoms with Crippen LogP contribution in [-0.4, -0.2) is 68.6 Å². The molecule has 2 aromatic rings. The van der Waals surface area contributed by atoms with Crippen molar-refractivity contribution in [2.24, 2.45) is 0 Å². The molecule has 1 aliphatic heterocycles. The molecule has 1 aliphatic rings. The maximum atomic E-state index is 12.5. The first-order chi connectivity index (χ1) is 16.2. The highest BCUT2D eigenvalue weighted by Gasteiger charge is 2.25. The largest absolute Gasteiger partial charge is 0.465 e. The van der Waals surface area contributed by atoms with E-state index in [4.69, 9.17) is 4.74 Å². The molecule has 1 fully saturated rings. The third-order valence-electron chi connectivity index (χ3n) is 6.15. The molecule has 1 heterocycles. The van der Waals surface area contributed by atoms with E-state index in [0.717, 1.165) is 47.7 Å². The molecule has 2 N–H and O–H groups in total. The monoisotopic (exact) mass is 466 g/mol. The number of hydrogen-bond acceptors (Lipinski definition) is 6. The molecule has 0 radical (unpaired) electrons. The van der Waals surface area contributed by atoms with Crippen LogP contribution < -0.4 is 15.5 Å². The Morgan fingerprint density at radius 3 is 2.24 bits per heavy atom. The van der Waals surface area contributed by atoms with Gasteiger partial charge in [-0.2, -0.15) is 0 Å². The van der Waals surface area contributed by atoms with E-state index in [9.17, 15) is 14.4 Å². The van der Waals surface area contributed by atoms with Crippen LogP contribution in [0.5, 0.6) is 0 Å². The van der Waals surface area contributed by atoms with Crippen molar-refractivity contribution in [2.45, 2.75) is 33.7 Å². The van der Waals surface area contributed by atoms with Gasteiger partial charge in [-0.15, -0.1) is 0 Å². The van der Waals surface area contributed by atoms with Crippen LogP contribution in [0.3, 0.4) is 0 Å². The van der Waals surface area contributed by atoms with Crippen molar-refractivity contribution in [2.75, 3.05) is 50.1 Å². The molecule has 8 heteroatoms. The van der Waals surface area contributed by atoms with Gasteiger partial charge in [-0.3, -0.25) is 14.5 Å². The molecule has 0 aromatic heterocycles. The molecule has 3 rings (SSSR count). The Balaban J connectivity index is 1.46. The summed E-state index contributed by atoms with van der Waals surface area (Å²) in [6, 6.07) is 11.6. The van der Waals surface area contributed by atoms with Gasteiger partial charge in [0.25, 0.3) is 0 Å². The third-order valence-corrected chi connectivity index (χ3v) is 6.15. The number of anilines is 2. The van der Waals surface area contributed by atoms with Gasteiger partial charge < -0.3 is 20.3 Å². The predicted octanol–water partition coefficient (Wildman–Crippen LogP) is 2.66. The van der Waals surface area contributed by atoms with Gasteiger partial charge in [0.1, 0.15) is 0 Å². The molecule has 8 nitrogen and oxygen atoms in total. The summed E-state index contributed by atoms with van der Waals surface area (Å²) in [7, 11) is 1.37. The van der Waals surface area contributed by atoms with Crippen molar-refractivity contribution in [1.29, 1.82) is 0 Å². The van der Waals surface area contributed by atoms with Crippen LogP contribution in [-0.2, 0) is 14.3 Å². The molecule has 0 bridgehead atoms. The Bertz CT molecular complexity index is 1030. The van der Waals surface area contributed by atoms with Gasteiger partial charge in [-0.25, -0.2) is 4.79 Å². The zero-order chi connectivity index (χ0) is 24.8. The summed E-state index contributed by atoms with van der Waals surface area (Å²) >= 11 is 0. The Morgan fingerprint density at radius 1 is 1.00 bits per heavy atom. The Labute approximate surface area is 201 Å². The van der Waals surface area contributed by atoms with E-state index in [-0.39, 0.29) is 36.9 Å². The zero-order valence-corrected chi connectivity index (χ0v) is 20.6. The van der Waals surface area contributed by atoms with E-state index < -0.39 is 0 Å². The highest BCUT2D eigenvalue weighted by molar-refractivity contribution is 5.96. The number of piperazine rings is 1. The number of carbonyl (C=O) groups excluding carboxylic acids is 3. The fourth-order valence-corrected chi connectivity index (χ4v) is 4.37. The normalized spacial score (nSPS) is 16.1. The van der Waals surface area contributed by atoms with Crippen LogP contribution in [0.25, 0.3) is 0 Å². The Hall–Kier alpha value is -3.39. The van der Waals surface area contributed by atoms with Crippen LogP contribution in [0.4, 0.5) is 11.4 Å². The number of nitrogens with one attached hydrogen (secondary N) is 2. The van der Waals surface area contributed by atoms with Gasteiger partial charge in [0.05, 0.1) is 25.8 Å². The third kappa shape index (κ3) is 6.35. The molecule has 34 heavy (non-hydrogen) atoms. The lowest BCUT2D eigenvalue weighted by atomic mass is 10.1. The van der Waals surface area contributed by atoms with Crippen molar-refractivity contribution < 1.29 is 19.1 Å². The molecule has 2 amide bonds. The van der Waals surface area contributed by atoms with E-state index in [0.29, 0.717) is 5.56 Å². The first-order valence-corrected chi connectivity index (χ1v) is 11.5. The lowest BCUT2D eigenvalue weighted by molar-refractivity contribution is -0.125. The lowest BCUT2D eigenvalue weighted by Crippen LogP contribution is -2.54. The predicted molar refractivity (Wildman–Crippen MR) is 133 cm³/mol. The average Bonchev–Trinajstić information content (AvgIpc) is 2.81. The van der Waals surface area contributed by atoms with Crippen LogP contribution >= 0.6 is 0 Å². The molecule has 2 aromatic carbocycles. The number of amides is 2. The van der Waals surface area contributed by atoms with Gasteiger partial charge in [0, 0.05) is 37.1 Å². The molecule has 1 unspecified atom stereocenters. The second-order valence-electron chi connectivity index (χ2n) is 8.90. The first-order valence-electron chi connectivity index (χ1n) is 11.5. The van der Waals surface area contributed by atoms with Crippen molar-refractivity contribution >= 4 is 29.2 Å². The van der Waals surface area contributed by atoms with Gasteiger partial charge in [0.2, 0.25) is 11.8 Å². The average molecular weight is 467 g/mol. The van der Waals surface area contributed by atoms with E-state index >= 15 is 0 Å². The number of methoxy groups -OCH3 is 1. The van der Waals surface area contributed by atoms with Gasteiger partial charge in [-0.1, -0.05) is 17.7 Å². The quantitative estimate of drug-likeness (QED) is 0.610. The smallest absolute Gasteiger partial charge is 0.337 e. The molecule has 0 aliphatic carbocycles. The van der Waals surface area contributed by atoms with Gasteiger partial charge >= 0.3 is 5.97 Å². The number of benzene rings is 2. The summed E-state index contributed by atoms with van der Waals surface area (Å²) in [6.07, 6.45) is 0. The molecule has 1 atom stereocenters. The van der Waals surface area contributed by atoms with Crippen LogP contribution in [0.1, 0.15) is 34.0 Å². The number of hydrogen-bond donors (Lipinski definition) is 2. The topological polar surface area (TPSA) is 91.0 Å². The van der Waals surface area contributed by atoms with E-state index in [1.54, 1.807) is 12.1 Å². The lowest BCUT2D eigenvalue weighted by Gasteiger charge is -2.40. The Morgan fingerprint density at radius 2 is 1.65 bits per heavy atom. The van der Waals surface area contributed by atoms with E-state index in [1.807, 2.05) is 45.0 Å². The van der Waals surface area contributed by atoms with Gasteiger partial charge in [-0.05, 0) is 63.1 Å². The minimum Gasteiger partial charge on any atom is -0.465 e. The summed E-state index contributed by atoms with van der Waals surface area (Å²) in [4.78, 5) is 40.8. The van der Waals surface area contributed by atoms with Crippen LogP contribution in [0, 0.1) is 20.8 Å². The molecular weight excluding hydrogens is 432 g/mol. The first kappa shape index (κ1) is 25.2. The summed E-state index contributed by atoms with van der Waals surface area (Å²) < 4.78 is 4.75. The molecule has 0 saturated carbocycles. The minimum absolute atomic E-state index is 0.0630. The van der Waals surface area contributed by atoms with Crippen LogP contribution in [0.2, 0.25) is 0 Å². The summed E-state index contributed by atoms with van der Waals surface area (Å²) in [5, 5.41) is 5.65. The molecular formula is C26H34N4O4. The molecule has 182 valence electrons. The number of esters is 1. The van der Waals surface area contributed by atoms with Gasteiger partial charge in [0.15, 0.2) is 0 Å². The standard InChI is InChI=1S/C26H34N4O4/c1-17-12-18(2)25(19(3)13-17)28-23(31)14-27-24(32)16-29-10-11-30(15-20(29)4)22-8-6-21(7-9-22)26(33)34-5/h6-9,12-13,20H,10-11,14-16H2,1-5H3,(H,27,32)(H,28,31). The number of nitrogens with zero attached hydrogens (tertiary/aromatic N) is 2. The fourth-order valence-electron chi connectivity index (χ4n) is 4.37. The highest BCUT2D eigenvalue weighted by Crippen LogP contribution is 2.22. The zero-order valence-electron chi connectivity index (χ0n) is 20.6. The van der Waals surface area contributed by atoms with Crippen molar-refractivity contribution in [1.82, 2.24) is 10.2 Å². The fraction of sp³-hybridized carbons (Fsp3) is 0.423. The number of rotatable bonds is 7. The number of carbonyl (C=O) groups is 3. The second-order valence-corrected chi connectivity index (χ2v) is 8.90. The maximum Gasteiger partial charge on any atom is 0.337 e. The van der Waals surface area contributed by atoms with Crippen molar-refractivity contribution in [3.05, 3.63) is 58.7 Å². The molecule has 1 saturated heterocycles. The van der Waals surface area contributed by atoms with E-state index in [1.165, 1.54) is 7.11 Å². The Kier molecular flexibility index (Phi) is 8.28. The van der Waals surface area contributed by atoms with Crippen molar-refractivity contribution in [3.8, 4) is 0 Å². The summed E-state index contributed by atoms with van der Waals surface area (Å²) in [6.45, 7) is 10.5. The number of aryl methyl sites for hydroxylation is 3. The minimum atomic E-state index is -0.353. The maximum absolute atomic E-state index is 12.5. The van der Waals surface area contributed by atoms with E-state index in [2.05, 4.69) is 27.4 Å². The second kappa shape index (κ2) is 11.2. The van der Waals surface area contributed by atoms with Crippen LogP contribution in [0.15, 0.2) is 36.4 Å². The SMILES string of the molecule is COC(=O)c1ccc(N2CCN(CC(=O)NCC(=O)Nc3c(C)cc(C)cc3C)C(C)C2)cc1. The highest BCUT2D eigenvalue weighted by atomic mass is 16.5. The number of ether oxygens (including phenoxy) is 1.